The van der Waals surface area contributed by atoms with Crippen molar-refractivity contribution in [2.75, 3.05) is 47.2 Å². The molecular formula is C31H29FN8O3. The zero-order valence-electron chi connectivity index (χ0n) is 23.3. The van der Waals surface area contributed by atoms with E-state index in [0.29, 0.717) is 48.8 Å². The standard InChI is InChI=1S/C31H29FN8O3/c1-19(41)35-26-9-8-24(16-25(26)32)37-31(42)36-23-6-4-20(5-7-23)29-38-27-15-22(21-3-2-10-33-17-21)18-34-28(27)30(39-29)40-11-13-43-14-12-40/h2-10,15-19,35,41H,11-14H2,1H3,(H2,36,37,42). The highest BCUT2D eigenvalue weighted by molar-refractivity contribution is 6.00. The number of aliphatic hydroxyl groups is 1. The Bertz CT molecular complexity index is 1750. The smallest absolute Gasteiger partial charge is 0.323 e. The van der Waals surface area contributed by atoms with E-state index in [4.69, 9.17) is 19.7 Å². The van der Waals surface area contributed by atoms with Gasteiger partial charge in [0.25, 0.3) is 0 Å². The first-order valence-electron chi connectivity index (χ1n) is 13.8. The van der Waals surface area contributed by atoms with Gasteiger partial charge in [-0.05, 0) is 61.5 Å². The molecule has 11 nitrogen and oxygen atoms in total. The fourth-order valence-corrected chi connectivity index (χ4v) is 4.75. The van der Waals surface area contributed by atoms with Crippen LogP contribution in [0.2, 0.25) is 0 Å². The van der Waals surface area contributed by atoms with E-state index in [-0.39, 0.29) is 11.4 Å². The summed E-state index contributed by atoms with van der Waals surface area (Å²) in [5.41, 5.74) is 4.94. The molecule has 43 heavy (non-hydrogen) atoms. The molecule has 218 valence electrons. The number of anilines is 4. The Morgan fingerprint density at radius 1 is 0.953 bits per heavy atom. The van der Waals surface area contributed by atoms with Gasteiger partial charge in [0.15, 0.2) is 11.6 Å². The molecule has 1 fully saturated rings. The van der Waals surface area contributed by atoms with Crippen LogP contribution < -0.4 is 20.9 Å². The van der Waals surface area contributed by atoms with Crippen molar-refractivity contribution >= 4 is 39.9 Å². The third-order valence-corrected chi connectivity index (χ3v) is 6.82. The van der Waals surface area contributed by atoms with E-state index in [1.165, 1.54) is 25.1 Å². The Morgan fingerprint density at radius 3 is 2.44 bits per heavy atom. The van der Waals surface area contributed by atoms with Crippen molar-refractivity contribution in [3.63, 3.8) is 0 Å². The van der Waals surface area contributed by atoms with Gasteiger partial charge < -0.3 is 30.7 Å². The number of nitrogens with zero attached hydrogens (tertiary/aromatic N) is 5. The molecule has 0 spiro atoms. The van der Waals surface area contributed by atoms with Crippen LogP contribution in [-0.2, 0) is 4.74 Å². The monoisotopic (exact) mass is 580 g/mol. The van der Waals surface area contributed by atoms with Gasteiger partial charge in [-0.15, -0.1) is 0 Å². The Balaban J connectivity index is 1.24. The summed E-state index contributed by atoms with van der Waals surface area (Å²) in [4.78, 5) is 33.5. The molecule has 0 bridgehead atoms. The number of carbonyl (C=O) groups excluding carboxylic acids is 1. The number of rotatable bonds is 7. The van der Waals surface area contributed by atoms with Crippen LogP contribution in [0.15, 0.2) is 79.3 Å². The molecule has 1 aliphatic rings. The number of carbonyl (C=O) groups is 1. The van der Waals surface area contributed by atoms with Gasteiger partial charge in [0.2, 0.25) is 0 Å². The second-order valence-corrected chi connectivity index (χ2v) is 9.98. The van der Waals surface area contributed by atoms with Gasteiger partial charge in [0.1, 0.15) is 17.6 Å². The highest BCUT2D eigenvalue weighted by Crippen LogP contribution is 2.30. The molecular weight excluding hydrogens is 551 g/mol. The van der Waals surface area contributed by atoms with Gasteiger partial charge in [0.05, 0.1) is 24.4 Å². The van der Waals surface area contributed by atoms with Crippen LogP contribution in [0.1, 0.15) is 6.92 Å². The number of benzene rings is 2. The summed E-state index contributed by atoms with van der Waals surface area (Å²) in [5.74, 6) is 0.665. The summed E-state index contributed by atoms with van der Waals surface area (Å²) in [6.07, 6.45) is 4.42. The van der Waals surface area contributed by atoms with Gasteiger partial charge in [-0.25, -0.2) is 19.2 Å². The number of ether oxygens (including phenoxy) is 1. The predicted octanol–water partition coefficient (Wildman–Crippen LogP) is 5.12. The first-order valence-corrected chi connectivity index (χ1v) is 13.8. The van der Waals surface area contributed by atoms with E-state index >= 15 is 0 Å². The molecule has 1 unspecified atom stereocenters. The molecule has 2 aromatic carbocycles. The van der Waals surface area contributed by atoms with E-state index in [0.717, 1.165) is 22.5 Å². The van der Waals surface area contributed by atoms with Gasteiger partial charge in [0, 0.05) is 59.7 Å². The van der Waals surface area contributed by atoms with Gasteiger partial charge in [-0.2, -0.15) is 0 Å². The Kier molecular flexibility index (Phi) is 8.03. The van der Waals surface area contributed by atoms with E-state index in [2.05, 4.69) is 25.8 Å². The molecule has 2 amide bonds. The highest BCUT2D eigenvalue weighted by atomic mass is 19.1. The van der Waals surface area contributed by atoms with Crippen molar-refractivity contribution in [3.8, 4) is 22.5 Å². The van der Waals surface area contributed by atoms with Crippen molar-refractivity contribution in [2.45, 2.75) is 13.2 Å². The van der Waals surface area contributed by atoms with Crippen molar-refractivity contribution in [1.29, 1.82) is 0 Å². The number of morpholine rings is 1. The highest BCUT2D eigenvalue weighted by Gasteiger charge is 2.20. The maximum absolute atomic E-state index is 14.3. The predicted molar refractivity (Wildman–Crippen MR) is 163 cm³/mol. The van der Waals surface area contributed by atoms with Crippen molar-refractivity contribution in [2.24, 2.45) is 0 Å². The normalized spacial score (nSPS) is 13.9. The number of fused-ring (bicyclic) bond motifs is 1. The topological polar surface area (TPSA) is 137 Å². The van der Waals surface area contributed by atoms with Crippen LogP contribution in [-0.4, -0.2) is 63.6 Å². The third-order valence-electron chi connectivity index (χ3n) is 6.82. The fourth-order valence-electron chi connectivity index (χ4n) is 4.75. The van der Waals surface area contributed by atoms with Crippen LogP contribution >= 0.6 is 0 Å². The zero-order chi connectivity index (χ0) is 29.8. The van der Waals surface area contributed by atoms with E-state index < -0.39 is 18.1 Å². The number of nitrogens with one attached hydrogen (secondary N) is 3. The van der Waals surface area contributed by atoms with E-state index in [1.807, 2.05) is 36.5 Å². The van der Waals surface area contributed by atoms with Gasteiger partial charge in [-0.3, -0.25) is 9.97 Å². The zero-order valence-corrected chi connectivity index (χ0v) is 23.3. The van der Waals surface area contributed by atoms with Gasteiger partial charge >= 0.3 is 6.03 Å². The van der Waals surface area contributed by atoms with E-state index in [9.17, 15) is 14.3 Å². The van der Waals surface area contributed by atoms with Gasteiger partial charge in [-0.1, -0.05) is 6.07 Å². The summed E-state index contributed by atoms with van der Waals surface area (Å²) in [5, 5.41) is 17.3. The molecule has 1 atom stereocenters. The molecule has 6 rings (SSSR count). The maximum atomic E-state index is 14.3. The molecule has 4 N–H and O–H groups in total. The van der Waals surface area contributed by atoms with Crippen LogP contribution in [0.25, 0.3) is 33.5 Å². The lowest BCUT2D eigenvalue weighted by Gasteiger charge is -2.28. The molecule has 0 radical (unpaired) electrons. The largest absolute Gasteiger partial charge is 0.378 e. The summed E-state index contributed by atoms with van der Waals surface area (Å²) in [6.45, 7) is 4.08. The summed E-state index contributed by atoms with van der Waals surface area (Å²) in [6, 6.07) is 16.6. The lowest BCUT2D eigenvalue weighted by Crippen LogP contribution is -2.37. The lowest BCUT2D eigenvalue weighted by atomic mass is 10.1. The third kappa shape index (κ3) is 6.50. The minimum atomic E-state index is -0.911. The second-order valence-electron chi connectivity index (χ2n) is 9.98. The quantitative estimate of drug-likeness (QED) is 0.193. The Morgan fingerprint density at radius 2 is 1.72 bits per heavy atom. The first-order chi connectivity index (χ1) is 20.9. The number of hydrogen-bond acceptors (Lipinski definition) is 9. The number of hydrogen-bond donors (Lipinski definition) is 4. The second kappa shape index (κ2) is 12.3. The molecule has 1 saturated heterocycles. The average molecular weight is 581 g/mol. The number of amides is 2. The Labute approximate surface area is 246 Å². The number of urea groups is 1. The molecule has 0 saturated carbocycles. The lowest BCUT2D eigenvalue weighted by molar-refractivity contribution is 0.122. The van der Waals surface area contributed by atoms with Crippen molar-refractivity contribution in [1.82, 2.24) is 19.9 Å². The number of aromatic nitrogens is 4. The molecule has 3 aromatic heterocycles. The molecule has 1 aliphatic heterocycles. The SMILES string of the molecule is CC(O)Nc1ccc(NC(=O)Nc2ccc(-c3nc(N4CCOCC4)c4ncc(-c5cccnc5)cc4n3)cc2)cc1F. The minimum Gasteiger partial charge on any atom is -0.378 e. The number of aliphatic hydroxyl groups excluding tert-OH is 1. The molecule has 4 heterocycles. The first kappa shape index (κ1) is 27.9. The molecule has 12 heteroatoms. The maximum Gasteiger partial charge on any atom is 0.323 e. The summed E-state index contributed by atoms with van der Waals surface area (Å²) < 4.78 is 19.8. The summed E-state index contributed by atoms with van der Waals surface area (Å²) in [7, 11) is 0. The van der Waals surface area contributed by atoms with E-state index in [1.54, 1.807) is 24.5 Å². The average Bonchev–Trinajstić information content (AvgIpc) is 3.02. The number of pyridine rings is 2. The minimum absolute atomic E-state index is 0.133. The van der Waals surface area contributed by atoms with Crippen molar-refractivity contribution in [3.05, 3.63) is 85.1 Å². The van der Waals surface area contributed by atoms with Crippen LogP contribution in [0, 0.1) is 5.82 Å². The fraction of sp³-hybridized carbons (Fsp3) is 0.194. The summed E-state index contributed by atoms with van der Waals surface area (Å²) >= 11 is 0. The Hall–Kier alpha value is -5.20. The number of halogens is 1. The van der Waals surface area contributed by atoms with Crippen LogP contribution in [0.4, 0.5) is 32.1 Å². The molecule has 5 aromatic rings. The van der Waals surface area contributed by atoms with Crippen molar-refractivity contribution < 1.29 is 19.0 Å². The van der Waals surface area contributed by atoms with Crippen LogP contribution in [0.5, 0.6) is 0 Å². The molecule has 0 aliphatic carbocycles. The van der Waals surface area contributed by atoms with Crippen LogP contribution in [0.3, 0.4) is 0 Å².